The molecule has 1 saturated carbocycles. The average molecular weight is 421 g/mol. The van der Waals surface area contributed by atoms with Crippen molar-refractivity contribution in [3.05, 3.63) is 52.9 Å². The Kier molecular flexibility index (Phi) is 6.88. The van der Waals surface area contributed by atoms with Gasteiger partial charge in [-0.2, -0.15) is 0 Å². The summed E-state index contributed by atoms with van der Waals surface area (Å²) in [6.45, 7) is 5.75. The Morgan fingerprint density at radius 3 is 2.43 bits per heavy atom. The van der Waals surface area contributed by atoms with Crippen LogP contribution in [0.1, 0.15) is 50.6 Å². The second-order valence-electron chi connectivity index (χ2n) is 8.60. The van der Waals surface area contributed by atoms with Gasteiger partial charge in [-0.15, -0.1) is 0 Å². The van der Waals surface area contributed by atoms with Gasteiger partial charge < -0.3 is 20.3 Å². The van der Waals surface area contributed by atoms with Crippen molar-refractivity contribution < 1.29 is 23.2 Å². The number of hydrogen-bond donors (Lipinski definition) is 3. The van der Waals surface area contributed by atoms with Crippen LogP contribution >= 0.6 is 0 Å². The van der Waals surface area contributed by atoms with Gasteiger partial charge in [-0.05, 0) is 49.3 Å². The summed E-state index contributed by atoms with van der Waals surface area (Å²) in [4.78, 5) is 11.6. The molecule has 0 saturated heterocycles. The van der Waals surface area contributed by atoms with Gasteiger partial charge in [-0.1, -0.05) is 19.0 Å². The maximum Gasteiger partial charge on any atom is 0.217 e. The molecule has 30 heavy (non-hydrogen) atoms. The van der Waals surface area contributed by atoms with E-state index in [1.54, 1.807) is 0 Å². The van der Waals surface area contributed by atoms with Crippen molar-refractivity contribution in [2.45, 2.75) is 64.1 Å². The minimum Gasteiger partial charge on any atom is -0.390 e. The Morgan fingerprint density at radius 2 is 1.87 bits per heavy atom. The molecule has 1 aromatic carbocycles. The Morgan fingerprint density at radius 1 is 1.20 bits per heavy atom. The first-order valence-electron chi connectivity index (χ1n) is 10.3. The van der Waals surface area contributed by atoms with E-state index in [1.807, 2.05) is 6.07 Å². The molecule has 0 unspecified atom stereocenters. The summed E-state index contributed by atoms with van der Waals surface area (Å²) >= 11 is 0. The largest absolute Gasteiger partial charge is 0.390 e. The lowest BCUT2D eigenvalue weighted by molar-refractivity contribution is -0.120. The molecule has 164 valence electrons. The fourth-order valence-electron chi connectivity index (χ4n) is 3.66. The van der Waals surface area contributed by atoms with Crippen LogP contribution in [-0.2, 0) is 23.2 Å². The number of hydrogen-bond acceptors (Lipinski definition) is 5. The number of amides is 1. The summed E-state index contributed by atoms with van der Waals surface area (Å²) in [5, 5.41) is 20.9. The van der Waals surface area contributed by atoms with Crippen LogP contribution in [0.3, 0.4) is 0 Å². The van der Waals surface area contributed by atoms with Crippen LogP contribution < -0.4 is 10.6 Å². The molecule has 1 aliphatic rings. The molecule has 0 radical (unpaired) electrons. The van der Waals surface area contributed by atoms with E-state index in [9.17, 15) is 18.7 Å². The van der Waals surface area contributed by atoms with Gasteiger partial charge in [-0.25, -0.2) is 8.78 Å². The minimum absolute atomic E-state index is 0.102. The molecular formula is C22H29F2N3O3. The predicted molar refractivity (Wildman–Crippen MR) is 108 cm³/mol. The van der Waals surface area contributed by atoms with E-state index >= 15 is 0 Å². The van der Waals surface area contributed by atoms with E-state index in [4.69, 9.17) is 4.52 Å². The SMILES string of the molecule is CC(=O)N[C@@H](Cc1cc(F)cc(F)c1)[C@@H](O)CNC1(c2cc(CC(C)C)no2)CC1. The van der Waals surface area contributed by atoms with Gasteiger partial charge in [0.25, 0.3) is 0 Å². The summed E-state index contributed by atoms with van der Waals surface area (Å²) in [6.07, 6.45) is 1.68. The number of carbonyl (C=O) groups is 1. The molecule has 1 aromatic heterocycles. The van der Waals surface area contributed by atoms with E-state index in [-0.39, 0.29) is 24.4 Å². The van der Waals surface area contributed by atoms with Gasteiger partial charge in [0.1, 0.15) is 11.6 Å². The van der Waals surface area contributed by atoms with Gasteiger partial charge in [-0.3, -0.25) is 4.79 Å². The standard InChI is InChI=1S/C22H29F2N3O3/c1-13(2)6-18-11-21(30-27-18)22(4-5-22)25-12-20(29)19(26-14(3)28)9-15-7-16(23)10-17(24)8-15/h7-8,10-11,13,19-20,25,29H,4-6,9,12H2,1-3H3,(H,26,28)/t19-,20-/m0/s1. The molecule has 1 amide bonds. The zero-order valence-electron chi connectivity index (χ0n) is 17.5. The fraction of sp³-hybridized carbons (Fsp3) is 0.545. The van der Waals surface area contributed by atoms with Crippen molar-refractivity contribution in [1.29, 1.82) is 0 Å². The fourth-order valence-corrected chi connectivity index (χ4v) is 3.66. The molecule has 0 aliphatic heterocycles. The molecule has 1 aliphatic carbocycles. The van der Waals surface area contributed by atoms with Gasteiger partial charge >= 0.3 is 0 Å². The molecule has 0 bridgehead atoms. The third-order valence-electron chi connectivity index (χ3n) is 5.28. The maximum atomic E-state index is 13.5. The lowest BCUT2D eigenvalue weighted by atomic mass is 10.00. The summed E-state index contributed by atoms with van der Waals surface area (Å²) in [5.74, 6) is -0.504. The highest BCUT2D eigenvalue weighted by molar-refractivity contribution is 5.73. The number of aromatic nitrogens is 1. The van der Waals surface area contributed by atoms with Crippen LogP contribution in [0.15, 0.2) is 28.8 Å². The molecule has 1 heterocycles. The van der Waals surface area contributed by atoms with Crippen LogP contribution in [0, 0.1) is 17.6 Å². The number of aliphatic hydroxyl groups is 1. The van der Waals surface area contributed by atoms with E-state index < -0.39 is 23.8 Å². The maximum absolute atomic E-state index is 13.5. The summed E-state index contributed by atoms with van der Waals surface area (Å²) in [5.41, 5.74) is 0.896. The molecule has 0 spiro atoms. The number of carbonyl (C=O) groups excluding carboxylic acids is 1. The van der Waals surface area contributed by atoms with Crippen LogP contribution in [0.2, 0.25) is 0 Å². The molecule has 3 rings (SSSR count). The highest BCUT2D eigenvalue weighted by atomic mass is 19.1. The summed E-state index contributed by atoms with van der Waals surface area (Å²) < 4.78 is 32.5. The number of aliphatic hydroxyl groups excluding tert-OH is 1. The predicted octanol–water partition coefficient (Wildman–Crippen LogP) is 2.84. The summed E-state index contributed by atoms with van der Waals surface area (Å²) in [7, 11) is 0. The van der Waals surface area contributed by atoms with Gasteiger partial charge in [0.2, 0.25) is 5.91 Å². The van der Waals surface area contributed by atoms with Gasteiger partial charge in [0.15, 0.2) is 5.76 Å². The van der Waals surface area contributed by atoms with Crippen molar-refractivity contribution in [1.82, 2.24) is 15.8 Å². The lowest BCUT2D eigenvalue weighted by Gasteiger charge is -2.26. The second kappa shape index (κ2) is 9.22. The Labute approximate surface area is 175 Å². The zero-order chi connectivity index (χ0) is 21.9. The molecule has 8 heteroatoms. The van der Waals surface area contributed by atoms with Gasteiger partial charge in [0.05, 0.1) is 23.4 Å². The van der Waals surface area contributed by atoms with E-state index in [0.717, 1.165) is 36.8 Å². The molecule has 2 atom stereocenters. The van der Waals surface area contributed by atoms with Crippen molar-refractivity contribution in [3.8, 4) is 0 Å². The van der Waals surface area contributed by atoms with Crippen molar-refractivity contribution in [2.24, 2.45) is 5.92 Å². The van der Waals surface area contributed by atoms with Crippen LogP contribution in [-0.4, -0.2) is 34.9 Å². The number of halogens is 2. The first-order valence-corrected chi connectivity index (χ1v) is 10.3. The third kappa shape index (κ3) is 5.86. The molecule has 6 nitrogen and oxygen atoms in total. The van der Waals surface area contributed by atoms with Crippen LogP contribution in [0.4, 0.5) is 8.78 Å². The lowest BCUT2D eigenvalue weighted by Crippen LogP contribution is -2.49. The van der Waals surface area contributed by atoms with Crippen molar-refractivity contribution >= 4 is 5.91 Å². The number of rotatable bonds is 10. The normalized spacial score (nSPS) is 17.0. The van der Waals surface area contributed by atoms with Crippen LogP contribution in [0.25, 0.3) is 0 Å². The molecule has 2 aromatic rings. The monoisotopic (exact) mass is 421 g/mol. The quantitative estimate of drug-likeness (QED) is 0.549. The number of nitrogens with one attached hydrogen (secondary N) is 2. The second-order valence-corrected chi connectivity index (χ2v) is 8.60. The Hall–Kier alpha value is -2.32. The zero-order valence-corrected chi connectivity index (χ0v) is 17.5. The van der Waals surface area contributed by atoms with Crippen molar-refractivity contribution in [2.75, 3.05) is 6.54 Å². The highest BCUT2D eigenvalue weighted by Crippen LogP contribution is 2.45. The van der Waals surface area contributed by atoms with E-state index in [0.29, 0.717) is 11.5 Å². The van der Waals surface area contributed by atoms with E-state index in [1.165, 1.54) is 19.1 Å². The molecule has 3 N–H and O–H groups in total. The van der Waals surface area contributed by atoms with Crippen LogP contribution in [0.5, 0.6) is 0 Å². The Balaban J connectivity index is 1.64. The summed E-state index contributed by atoms with van der Waals surface area (Å²) in [6, 6.07) is 4.44. The topological polar surface area (TPSA) is 87.4 Å². The first-order chi connectivity index (χ1) is 14.2. The highest BCUT2D eigenvalue weighted by Gasteiger charge is 2.48. The minimum atomic E-state index is -0.962. The molecular weight excluding hydrogens is 392 g/mol. The Bertz CT molecular complexity index is 860. The third-order valence-corrected chi connectivity index (χ3v) is 5.28. The number of nitrogens with zero attached hydrogens (tertiary/aromatic N) is 1. The average Bonchev–Trinajstić information content (AvgIpc) is 3.28. The van der Waals surface area contributed by atoms with Crippen molar-refractivity contribution in [3.63, 3.8) is 0 Å². The first kappa shape index (κ1) is 22.4. The number of benzene rings is 1. The van der Waals surface area contributed by atoms with Gasteiger partial charge in [0, 0.05) is 25.6 Å². The smallest absolute Gasteiger partial charge is 0.217 e. The van der Waals surface area contributed by atoms with E-state index in [2.05, 4.69) is 29.6 Å². The molecule has 1 fully saturated rings.